The highest BCUT2D eigenvalue weighted by Crippen LogP contribution is 2.51. The van der Waals surface area contributed by atoms with Crippen molar-refractivity contribution >= 4 is 27.5 Å². The van der Waals surface area contributed by atoms with E-state index in [9.17, 15) is 9.59 Å². The summed E-state index contributed by atoms with van der Waals surface area (Å²) in [7, 11) is 2.12. The summed E-state index contributed by atoms with van der Waals surface area (Å²) in [6.07, 6.45) is 4.29. The number of hydrogen-bond donors (Lipinski definition) is 0. The highest BCUT2D eigenvalue weighted by Gasteiger charge is 2.61. The van der Waals surface area contributed by atoms with Crippen LogP contribution < -0.4 is 0 Å². The third-order valence-corrected chi connectivity index (χ3v) is 11.5. The maximum absolute atomic E-state index is 12.5. The van der Waals surface area contributed by atoms with Gasteiger partial charge in [-0.15, -0.1) is 0 Å². The maximum Gasteiger partial charge on any atom is 0.234 e. The van der Waals surface area contributed by atoms with Crippen molar-refractivity contribution in [2.75, 3.05) is 7.05 Å². The van der Waals surface area contributed by atoms with Gasteiger partial charge in [0.05, 0.1) is 11.8 Å². The molecule has 3 aliphatic heterocycles. The van der Waals surface area contributed by atoms with Crippen LogP contribution in [-0.4, -0.2) is 49.9 Å². The Kier molecular flexibility index (Phi) is 3.09. The van der Waals surface area contributed by atoms with Crippen molar-refractivity contribution in [2.45, 2.75) is 50.8 Å². The van der Waals surface area contributed by atoms with Crippen molar-refractivity contribution in [2.24, 2.45) is 11.8 Å². The fourth-order valence-corrected chi connectivity index (χ4v) is 6.06. The van der Waals surface area contributed by atoms with E-state index in [0.29, 0.717) is 0 Å². The molecule has 0 spiro atoms. The molecule has 2 saturated heterocycles. The first kappa shape index (κ1) is 15.0. The van der Waals surface area contributed by atoms with Crippen LogP contribution in [0.5, 0.6) is 0 Å². The quantitative estimate of drug-likeness (QED) is 0.422. The molecule has 4 nitrogen and oxygen atoms in total. The summed E-state index contributed by atoms with van der Waals surface area (Å²) in [5.41, 5.74) is 0. The second kappa shape index (κ2) is 4.32. The Hall–Kier alpha value is -0.878. The lowest BCUT2D eigenvalue weighted by atomic mass is 9.55. The molecule has 2 fully saturated rings. The Bertz CT molecular complexity index is 540. The van der Waals surface area contributed by atoms with Crippen molar-refractivity contribution in [3.8, 4) is 0 Å². The van der Waals surface area contributed by atoms with E-state index in [4.69, 9.17) is 0 Å². The van der Waals surface area contributed by atoms with Gasteiger partial charge in [-0.1, -0.05) is 46.0 Å². The summed E-state index contributed by atoms with van der Waals surface area (Å²) in [5.74, 6) is -0.276. The SMILES string of the molecule is CN1C(=O)C2C3[B]N([Si](C)(C)C(C)(C)C)C(C=C3)C2C1=O. The second-order valence-corrected chi connectivity index (χ2v) is 13.2. The van der Waals surface area contributed by atoms with Gasteiger partial charge < -0.3 is 4.48 Å². The predicted octanol–water partition coefficient (Wildman–Crippen LogP) is 1.88. The number of rotatable bonds is 1. The molecule has 4 rings (SSSR count). The molecule has 0 aromatic rings. The monoisotopic (exact) mass is 303 g/mol. The number of fused-ring (bicyclic) bond motifs is 1. The average molecular weight is 303 g/mol. The molecule has 6 heteroatoms. The van der Waals surface area contributed by atoms with Crippen molar-refractivity contribution < 1.29 is 9.59 Å². The lowest BCUT2D eigenvalue weighted by molar-refractivity contribution is -0.138. The minimum atomic E-state index is -1.75. The standard InChI is InChI=1S/C15H24BN2O2Si/c1-15(2,3)21(5,6)18-10-8-7-9(16-18)11-12(10)14(20)17(4)13(11)19/h7-12H,1-6H3. The molecule has 0 saturated carbocycles. The van der Waals surface area contributed by atoms with E-state index >= 15 is 0 Å². The fraction of sp³-hybridized carbons (Fsp3) is 0.733. The van der Waals surface area contributed by atoms with Crippen LogP contribution in [0, 0.1) is 11.8 Å². The minimum Gasteiger partial charge on any atom is -0.362 e. The number of carbonyl (C=O) groups is 2. The zero-order valence-corrected chi connectivity index (χ0v) is 14.8. The predicted molar refractivity (Wildman–Crippen MR) is 86.2 cm³/mol. The van der Waals surface area contributed by atoms with Crippen LogP contribution in [0.25, 0.3) is 0 Å². The molecule has 0 aromatic heterocycles. The van der Waals surface area contributed by atoms with Crippen molar-refractivity contribution in [1.29, 1.82) is 0 Å². The molecule has 3 heterocycles. The van der Waals surface area contributed by atoms with Gasteiger partial charge >= 0.3 is 0 Å². The van der Waals surface area contributed by atoms with E-state index in [2.05, 4.69) is 57.9 Å². The number of hydrogen-bond acceptors (Lipinski definition) is 3. The van der Waals surface area contributed by atoms with Crippen LogP contribution in [-0.2, 0) is 9.59 Å². The Labute approximate surface area is 128 Å². The van der Waals surface area contributed by atoms with Gasteiger partial charge in [0.15, 0.2) is 0 Å². The van der Waals surface area contributed by atoms with Gasteiger partial charge in [0.25, 0.3) is 0 Å². The Morgan fingerprint density at radius 3 is 2.24 bits per heavy atom. The van der Waals surface area contributed by atoms with E-state index in [0.717, 1.165) is 0 Å². The molecule has 2 bridgehead atoms. The summed E-state index contributed by atoms with van der Waals surface area (Å²) < 4.78 is 2.46. The molecule has 2 amide bonds. The number of nitrogens with zero attached hydrogens (tertiary/aromatic N) is 2. The maximum atomic E-state index is 12.5. The molecule has 4 aliphatic rings. The zero-order chi connectivity index (χ0) is 15.7. The van der Waals surface area contributed by atoms with E-state index in [1.54, 1.807) is 7.05 Å². The minimum absolute atomic E-state index is 0.00107. The van der Waals surface area contributed by atoms with Crippen LogP contribution in [0.4, 0.5) is 0 Å². The normalized spacial score (nSPS) is 36.2. The van der Waals surface area contributed by atoms with Crippen molar-refractivity contribution in [1.82, 2.24) is 9.38 Å². The molecule has 0 aromatic carbocycles. The first-order chi connectivity index (χ1) is 9.57. The lowest BCUT2D eigenvalue weighted by Crippen LogP contribution is -2.67. The number of imide groups is 1. The van der Waals surface area contributed by atoms with Crippen molar-refractivity contribution in [3.05, 3.63) is 12.2 Å². The average Bonchev–Trinajstić information content (AvgIpc) is 2.65. The molecule has 0 N–H and O–H groups in total. The van der Waals surface area contributed by atoms with Gasteiger partial charge in [0.2, 0.25) is 19.2 Å². The lowest BCUT2D eigenvalue weighted by Gasteiger charge is -2.56. The molecule has 1 aliphatic carbocycles. The molecular weight excluding hydrogens is 279 g/mol. The first-order valence-corrected chi connectivity index (χ1v) is 10.7. The van der Waals surface area contributed by atoms with E-state index in [1.807, 2.05) is 0 Å². The van der Waals surface area contributed by atoms with Gasteiger partial charge in [-0.2, -0.15) is 0 Å². The highest BCUT2D eigenvalue weighted by atomic mass is 28.3. The Morgan fingerprint density at radius 1 is 1.10 bits per heavy atom. The summed E-state index contributed by atoms with van der Waals surface area (Å²) in [6.45, 7) is 11.6. The fourth-order valence-electron chi connectivity index (χ4n) is 3.75. The van der Waals surface area contributed by atoms with Crippen LogP contribution >= 0.6 is 0 Å². The third kappa shape index (κ3) is 1.84. The zero-order valence-electron chi connectivity index (χ0n) is 13.8. The number of carbonyl (C=O) groups excluding carboxylic acids is 2. The topological polar surface area (TPSA) is 40.6 Å². The van der Waals surface area contributed by atoms with E-state index in [1.165, 1.54) is 4.90 Å². The second-order valence-electron chi connectivity index (χ2n) is 8.11. The van der Waals surface area contributed by atoms with Crippen LogP contribution in [0.15, 0.2) is 12.2 Å². The van der Waals surface area contributed by atoms with Gasteiger partial charge in [-0.05, 0) is 10.9 Å². The molecule has 1 radical (unpaired) electrons. The van der Waals surface area contributed by atoms with Gasteiger partial charge in [0.1, 0.15) is 8.24 Å². The third-order valence-electron chi connectivity index (χ3n) is 6.07. The smallest absolute Gasteiger partial charge is 0.234 e. The van der Waals surface area contributed by atoms with Gasteiger partial charge in [0, 0.05) is 13.1 Å². The number of amides is 2. The summed E-state index contributed by atoms with van der Waals surface area (Å²) >= 11 is 0. The molecule has 4 atom stereocenters. The van der Waals surface area contributed by atoms with Crippen LogP contribution in [0.3, 0.4) is 0 Å². The van der Waals surface area contributed by atoms with Crippen LogP contribution in [0.1, 0.15) is 20.8 Å². The number of allylic oxidation sites excluding steroid dienone is 1. The molecule has 21 heavy (non-hydrogen) atoms. The van der Waals surface area contributed by atoms with Crippen molar-refractivity contribution in [3.63, 3.8) is 0 Å². The van der Waals surface area contributed by atoms with Gasteiger partial charge in [-0.25, -0.2) is 0 Å². The Balaban J connectivity index is 2.00. The first-order valence-electron chi connectivity index (χ1n) is 7.70. The molecule has 4 unspecified atom stereocenters. The van der Waals surface area contributed by atoms with Gasteiger partial charge in [-0.3, -0.25) is 14.5 Å². The van der Waals surface area contributed by atoms with E-state index < -0.39 is 8.24 Å². The summed E-state index contributed by atoms with van der Waals surface area (Å²) in [5, 5.41) is 0.210. The van der Waals surface area contributed by atoms with Crippen LogP contribution in [0.2, 0.25) is 23.9 Å². The summed E-state index contributed by atoms with van der Waals surface area (Å²) in [6, 6.07) is 0.0577. The Morgan fingerprint density at radius 2 is 1.67 bits per heavy atom. The largest absolute Gasteiger partial charge is 0.362 e. The number of likely N-dealkylation sites (tertiary alicyclic amines) is 1. The molecule has 113 valence electrons. The summed E-state index contributed by atoms with van der Waals surface area (Å²) in [4.78, 5) is 26.2. The van der Waals surface area contributed by atoms with E-state index in [-0.39, 0.29) is 40.5 Å². The highest BCUT2D eigenvalue weighted by molar-refractivity contribution is 6.83. The molecular formula is C15H24BN2O2Si.